The van der Waals surface area contributed by atoms with Crippen LogP contribution >= 0.6 is 0 Å². The standard InChI is InChI=1S/C38H43NO5/c1-7-26-22-27(31-12-9-10-13-32(31)37(41)42)14-17-30(26)28-16-19-36(44-21-11-20-43-25(3)40)33(23-28)29-15-18-35(39-8-2)34(24-29)38(4,5)6/h9-10,12-19,22-24,39H,7-8,11,20-21H2,1-6H3,(H,41,42). The molecule has 0 aliphatic rings. The van der Waals surface area contributed by atoms with Gasteiger partial charge in [0.05, 0.1) is 18.8 Å². The van der Waals surface area contributed by atoms with E-state index in [2.05, 4.69) is 82.4 Å². The number of carbonyl (C=O) groups excluding carboxylic acids is 1. The molecular weight excluding hydrogens is 550 g/mol. The van der Waals surface area contributed by atoms with E-state index in [-0.39, 0.29) is 16.9 Å². The number of carbonyl (C=O) groups is 2. The van der Waals surface area contributed by atoms with Crippen molar-refractivity contribution in [3.05, 3.63) is 95.6 Å². The number of anilines is 1. The second kappa shape index (κ2) is 14.3. The Hall–Kier alpha value is -4.58. The number of carboxylic acid groups (broad SMARTS) is 1. The average Bonchev–Trinajstić information content (AvgIpc) is 3.00. The summed E-state index contributed by atoms with van der Waals surface area (Å²) in [6.45, 7) is 13.8. The van der Waals surface area contributed by atoms with Crippen LogP contribution < -0.4 is 10.1 Å². The predicted octanol–water partition coefficient (Wildman–Crippen LogP) is 9.01. The number of aryl methyl sites for hydroxylation is 1. The lowest BCUT2D eigenvalue weighted by atomic mass is 9.83. The van der Waals surface area contributed by atoms with Crippen LogP contribution in [0.25, 0.3) is 33.4 Å². The van der Waals surface area contributed by atoms with E-state index in [9.17, 15) is 14.7 Å². The second-order valence-electron chi connectivity index (χ2n) is 11.9. The zero-order valence-electron chi connectivity index (χ0n) is 26.6. The molecule has 0 bridgehead atoms. The van der Waals surface area contributed by atoms with Crippen LogP contribution in [-0.2, 0) is 21.4 Å². The first kappa shape index (κ1) is 32.3. The molecule has 0 heterocycles. The highest BCUT2D eigenvalue weighted by molar-refractivity contribution is 5.96. The van der Waals surface area contributed by atoms with Crippen LogP contribution in [0.3, 0.4) is 0 Å². The third-order valence-corrected chi connectivity index (χ3v) is 7.60. The van der Waals surface area contributed by atoms with Crippen molar-refractivity contribution in [3.8, 4) is 39.1 Å². The normalized spacial score (nSPS) is 11.2. The van der Waals surface area contributed by atoms with Crippen molar-refractivity contribution in [1.82, 2.24) is 0 Å². The summed E-state index contributed by atoms with van der Waals surface area (Å²) in [5.74, 6) is -0.474. The fraction of sp³-hybridized carbons (Fsp3) is 0.316. The smallest absolute Gasteiger partial charge is 0.336 e. The van der Waals surface area contributed by atoms with Crippen LogP contribution in [0.2, 0.25) is 0 Å². The number of ether oxygens (including phenoxy) is 2. The van der Waals surface area contributed by atoms with Crippen LogP contribution in [0.1, 0.15) is 69.4 Å². The molecule has 0 radical (unpaired) electrons. The van der Waals surface area contributed by atoms with Gasteiger partial charge in [-0.2, -0.15) is 0 Å². The Bertz CT molecular complexity index is 1630. The monoisotopic (exact) mass is 593 g/mol. The summed E-state index contributed by atoms with van der Waals surface area (Å²) in [6.07, 6.45) is 1.38. The number of carboxylic acids is 1. The highest BCUT2D eigenvalue weighted by Crippen LogP contribution is 2.40. The third kappa shape index (κ3) is 7.67. The van der Waals surface area contributed by atoms with E-state index in [4.69, 9.17) is 9.47 Å². The molecule has 4 aromatic rings. The Labute approximate surface area is 261 Å². The Kier molecular flexibility index (Phi) is 10.5. The molecule has 0 aliphatic carbocycles. The lowest BCUT2D eigenvalue weighted by Gasteiger charge is -2.25. The summed E-state index contributed by atoms with van der Waals surface area (Å²) in [5, 5.41) is 13.3. The molecule has 0 saturated carbocycles. The zero-order chi connectivity index (χ0) is 31.9. The van der Waals surface area contributed by atoms with Crippen LogP contribution in [-0.4, -0.2) is 36.8 Å². The minimum absolute atomic E-state index is 0.0758. The van der Waals surface area contributed by atoms with Crippen LogP contribution in [0.4, 0.5) is 5.69 Å². The second-order valence-corrected chi connectivity index (χ2v) is 11.9. The van der Waals surface area contributed by atoms with Crippen molar-refractivity contribution >= 4 is 17.6 Å². The molecular formula is C38H43NO5. The van der Waals surface area contributed by atoms with Gasteiger partial charge in [-0.25, -0.2) is 4.79 Å². The largest absolute Gasteiger partial charge is 0.493 e. The molecule has 0 saturated heterocycles. The molecule has 0 unspecified atom stereocenters. The SMILES string of the molecule is CCNc1ccc(-c2cc(-c3ccc(-c4ccccc4C(=O)O)cc3CC)ccc2OCCCOC(C)=O)cc1C(C)(C)C. The molecule has 4 rings (SSSR count). The van der Waals surface area contributed by atoms with Crippen LogP contribution in [0, 0.1) is 0 Å². The number of hydrogen-bond acceptors (Lipinski definition) is 5. The third-order valence-electron chi connectivity index (χ3n) is 7.60. The van der Waals surface area contributed by atoms with Gasteiger partial charge in [0.1, 0.15) is 5.75 Å². The lowest BCUT2D eigenvalue weighted by Crippen LogP contribution is -2.15. The molecule has 0 amide bonds. The van der Waals surface area contributed by atoms with Gasteiger partial charge in [-0.3, -0.25) is 4.79 Å². The highest BCUT2D eigenvalue weighted by Gasteiger charge is 2.21. The van der Waals surface area contributed by atoms with Gasteiger partial charge in [-0.15, -0.1) is 0 Å². The molecule has 0 spiro atoms. The fourth-order valence-corrected chi connectivity index (χ4v) is 5.44. The summed E-state index contributed by atoms with van der Waals surface area (Å²) < 4.78 is 11.4. The van der Waals surface area contributed by atoms with Crippen molar-refractivity contribution in [2.24, 2.45) is 0 Å². The molecule has 6 heteroatoms. The van der Waals surface area contributed by atoms with Gasteiger partial charge in [0.2, 0.25) is 0 Å². The van der Waals surface area contributed by atoms with Crippen LogP contribution in [0.15, 0.2) is 78.9 Å². The van der Waals surface area contributed by atoms with E-state index >= 15 is 0 Å². The summed E-state index contributed by atoms with van der Waals surface area (Å²) in [7, 11) is 0. The lowest BCUT2D eigenvalue weighted by molar-refractivity contribution is -0.141. The number of aromatic carboxylic acids is 1. The maximum Gasteiger partial charge on any atom is 0.336 e. The van der Waals surface area contributed by atoms with Crippen molar-refractivity contribution in [2.75, 3.05) is 25.1 Å². The van der Waals surface area contributed by atoms with Gasteiger partial charge in [0, 0.05) is 31.1 Å². The summed E-state index contributed by atoms with van der Waals surface area (Å²) in [5.41, 5.74) is 9.44. The molecule has 0 atom stereocenters. The van der Waals surface area contributed by atoms with Gasteiger partial charge >= 0.3 is 11.9 Å². The quantitative estimate of drug-likeness (QED) is 0.126. The van der Waals surface area contributed by atoms with E-state index in [1.165, 1.54) is 12.5 Å². The highest BCUT2D eigenvalue weighted by atomic mass is 16.5. The van der Waals surface area contributed by atoms with Gasteiger partial charge in [-0.1, -0.05) is 76.2 Å². The number of benzene rings is 4. The maximum atomic E-state index is 11.9. The molecule has 0 aliphatic heterocycles. The predicted molar refractivity (Wildman–Crippen MR) is 179 cm³/mol. The minimum atomic E-state index is -0.939. The minimum Gasteiger partial charge on any atom is -0.493 e. The van der Waals surface area contributed by atoms with E-state index < -0.39 is 5.97 Å². The molecule has 4 aromatic carbocycles. The average molecular weight is 594 g/mol. The number of esters is 1. The van der Waals surface area contributed by atoms with Gasteiger partial charge < -0.3 is 19.9 Å². The first-order chi connectivity index (χ1) is 21.0. The number of hydrogen-bond donors (Lipinski definition) is 2. The Balaban J connectivity index is 1.80. The first-order valence-corrected chi connectivity index (χ1v) is 15.3. The molecule has 0 fully saturated rings. The molecule has 44 heavy (non-hydrogen) atoms. The van der Waals surface area contributed by atoms with Gasteiger partial charge in [0.25, 0.3) is 0 Å². The Morgan fingerprint density at radius 1 is 0.795 bits per heavy atom. The molecule has 0 aromatic heterocycles. The Morgan fingerprint density at radius 2 is 1.48 bits per heavy atom. The van der Waals surface area contributed by atoms with E-state index in [1.807, 2.05) is 24.3 Å². The molecule has 6 nitrogen and oxygen atoms in total. The van der Waals surface area contributed by atoms with Crippen molar-refractivity contribution in [2.45, 2.75) is 59.8 Å². The Morgan fingerprint density at radius 3 is 2.16 bits per heavy atom. The maximum absolute atomic E-state index is 11.9. The summed E-state index contributed by atoms with van der Waals surface area (Å²) in [4.78, 5) is 23.1. The zero-order valence-corrected chi connectivity index (χ0v) is 26.6. The van der Waals surface area contributed by atoms with Gasteiger partial charge in [0.15, 0.2) is 0 Å². The van der Waals surface area contributed by atoms with E-state index in [1.54, 1.807) is 12.1 Å². The topological polar surface area (TPSA) is 84.9 Å². The first-order valence-electron chi connectivity index (χ1n) is 15.3. The van der Waals surface area contributed by atoms with Gasteiger partial charge in [-0.05, 0) is 88.0 Å². The summed E-state index contributed by atoms with van der Waals surface area (Å²) in [6, 6.07) is 26.1. The van der Waals surface area contributed by atoms with Crippen molar-refractivity contribution < 1.29 is 24.2 Å². The van der Waals surface area contributed by atoms with E-state index in [0.717, 1.165) is 57.8 Å². The van der Waals surface area contributed by atoms with Crippen molar-refractivity contribution in [1.29, 1.82) is 0 Å². The number of nitrogens with one attached hydrogen (secondary N) is 1. The summed E-state index contributed by atoms with van der Waals surface area (Å²) >= 11 is 0. The van der Waals surface area contributed by atoms with Crippen LogP contribution in [0.5, 0.6) is 5.75 Å². The molecule has 230 valence electrons. The van der Waals surface area contributed by atoms with E-state index in [0.29, 0.717) is 25.2 Å². The van der Waals surface area contributed by atoms with Crippen molar-refractivity contribution in [3.63, 3.8) is 0 Å². The number of rotatable bonds is 12. The molecule has 2 N–H and O–H groups in total. The fourth-order valence-electron chi connectivity index (χ4n) is 5.44.